The first kappa shape index (κ1) is 12.0. The van der Waals surface area contributed by atoms with Gasteiger partial charge in [-0.15, -0.1) is 0 Å². The second-order valence-electron chi connectivity index (χ2n) is 5.71. The van der Waals surface area contributed by atoms with Gasteiger partial charge < -0.3 is 5.32 Å². The molecule has 0 amide bonds. The molecular formula is C13H27N. The first-order valence-corrected chi connectivity index (χ1v) is 6.24. The van der Waals surface area contributed by atoms with E-state index in [2.05, 4.69) is 39.9 Å². The fourth-order valence-corrected chi connectivity index (χ4v) is 2.52. The molecule has 0 heterocycles. The van der Waals surface area contributed by atoms with Crippen LogP contribution in [0.4, 0.5) is 0 Å². The summed E-state index contributed by atoms with van der Waals surface area (Å²) in [6.45, 7) is 12.9. The summed E-state index contributed by atoms with van der Waals surface area (Å²) < 4.78 is 0. The highest BCUT2D eigenvalue weighted by molar-refractivity contribution is 5.04. The van der Waals surface area contributed by atoms with Crippen LogP contribution in [0.2, 0.25) is 0 Å². The smallest absolute Gasteiger partial charge is 0.00953 e. The molecule has 0 aliphatic heterocycles. The lowest BCUT2D eigenvalue weighted by molar-refractivity contribution is 0.331. The van der Waals surface area contributed by atoms with Gasteiger partial charge in [0.15, 0.2) is 0 Å². The predicted octanol–water partition coefficient (Wildman–Crippen LogP) is 3.45. The standard InChI is InChI=1S/C13H27N/c1-6-7-14-11(4)13(5)9-12(13)8-10(2)3/h10-12,14H,6-9H2,1-5H3. The molecule has 0 spiro atoms. The van der Waals surface area contributed by atoms with Gasteiger partial charge >= 0.3 is 0 Å². The molecule has 3 atom stereocenters. The molecule has 1 aliphatic carbocycles. The molecule has 1 fully saturated rings. The van der Waals surface area contributed by atoms with Crippen molar-refractivity contribution in [2.75, 3.05) is 6.54 Å². The maximum absolute atomic E-state index is 3.64. The quantitative estimate of drug-likeness (QED) is 0.688. The second kappa shape index (κ2) is 4.65. The topological polar surface area (TPSA) is 12.0 Å². The van der Waals surface area contributed by atoms with Crippen LogP contribution in [0, 0.1) is 17.3 Å². The maximum atomic E-state index is 3.64. The third-order valence-electron chi connectivity index (χ3n) is 3.90. The van der Waals surface area contributed by atoms with Gasteiger partial charge in [-0.05, 0) is 50.0 Å². The molecule has 0 radical (unpaired) electrons. The molecule has 1 heteroatoms. The Hall–Kier alpha value is -0.0400. The van der Waals surface area contributed by atoms with Crippen molar-refractivity contribution < 1.29 is 0 Å². The summed E-state index contributed by atoms with van der Waals surface area (Å²) in [7, 11) is 0. The Labute approximate surface area is 89.7 Å². The van der Waals surface area contributed by atoms with Crippen LogP contribution in [0.5, 0.6) is 0 Å². The molecule has 0 aromatic heterocycles. The Morgan fingerprint density at radius 1 is 1.36 bits per heavy atom. The van der Waals surface area contributed by atoms with Crippen LogP contribution in [-0.2, 0) is 0 Å². The largest absolute Gasteiger partial charge is 0.314 e. The zero-order valence-electron chi connectivity index (χ0n) is 10.6. The molecule has 1 N–H and O–H groups in total. The molecule has 14 heavy (non-hydrogen) atoms. The van der Waals surface area contributed by atoms with E-state index in [1.165, 1.54) is 25.8 Å². The number of hydrogen-bond acceptors (Lipinski definition) is 1. The van der Waals surface area contributed by atoms with E-state index in [4.69, 9.17) is 0 Å². The minimum absolute atomic E-state index is 0.597. The van der Waals surface area contributed by atoms with E-state index in [1.807, 2.05) is 0 Å². The Morgan fingerprint density at radius 2 is 2.00 bits per heavy atom. The van der Waals surface area contributed by atoms with Gasteiger partial charge in [-0.1, -0.05) is 27.7 Å². The second-order valence-corrected chi connectivity index (χ2v) is 5.71. The van der Waals surface area contributed by atoms with Crippen LogP contribution in [0.3, 0.4) is 0 Å². The van der Waals surface area contributed by atoms with Gasteiger partial charge in [0.25, 0.3) is 0 Å². The van der Waals surface area contributed by atoms with E-state index in [-0.39, 0.29) is 0 Å². The average molecular weight is 197 g/mol. The van der Waals surface area contributed by atoms with Crippen molar-refractivity contribution in [3.8, 4) is 0 Å². The lowest BCUT2D eigenvalue weighted by atomic mass is 9.93. The zero-order chi connectivity index (χ0) is 10.8. The van der Waals surface area contributed by atoms with Gasteiger partial charge in [0, 0.05) is 6.04 Å². The highest BCUT2D eigenvalue weighted by Gasteiger charge is 2.52. The number of rotatable bonds is 6. The first-order valence-electron chi connectivity index (χ1n) is 6.24. The molecule has 0 bridgehead atoms. The van der Waals surface area contributed by atoms with Crippen LogP contribution in [0.1, 0.15) is 53.9 Å². The lowest BCUT2D eigenvalue weighted by Crippen LogP contribution is -2.35. The van der Waals surface area contributed by atoms with Crippen LogP contribution in [0.25, 0.3) is 0 Å². The molecule has 0 aromatic rings. The Bertz CT molecular complexity index is 176. The molecule has 0 saturated heterocycles. The molecule has 84 valence electrons. The summed E-state index contributed by atoms with van der Waals surface area (Å²) in [4.78, 5) is 0. The summed E-state index contributed by atoms with van der Waals surface area (Å²) >= 11 is 0. The molecule has 1 nitrogen and oxygen atoms in total. The number of nitrogens with one attached hydrogen (secondary N) is 1. The highest BCUT2D eigenvalue weighted by Crippen LogP contribution is 2.57. The third kappa shape index (κ3) is 2.73. The summed E-state index contributed by atoms with van der Waals surface area (Å²) in [6, 6.07) is 0.700. The van der Waals surface area contributed by atoms with E-state index < -0.39 is 0 Å². The first-order chi connectivity index (χ1) is 6.50. The summed E-state index contributed by atoms with van der Waals surface area (Å²) in [5, 5.41) is 3.64. The minimum atomic E-state index is 0.597. The van der Waals surface area contributed by atoms with Gasteiger partial charge in [0.1, 0.15) is 0 Å². The van der Waals surface area contributed by atoms with E-state index in [9.17, 15) is 0 Å². The average Bonchev–Trinajstić information content (AvgIpc) is 2.73. The van der Waals surface area contributed by atoms with Gasteiger partial charge in [-0.25, -0.2) is 0 Å². The van der Waals surface area contributed by atoms with Gasteiger partial charge in [-0.2, -0.15) is 0 Å². The van der Waals surface area contributed by atoms with Crippen LogP contribution in [0.15, 0.2) is 0 Å². The van der Waals surface area contributed by atoms with Crippen LogP contribution >= 0.6 is 0 Å². The van der Waals surface area contributed by atoms with Crippen molar-refractivity contribution in [1.29, 1.82) is 0 Å². The molecule has 3 unspecified atom stereocenters. The van der Waals surface area contributed by atoms with Crippen molar-refractivity contribution in [3.63, 3.8) is 0 Å². The highest BCUT2D eigenvalue weighted by atomic mass is 14.9. The third-order valence-corrected chi connectivity index (χ3v) is 3.90. The van der Waals surface area contributed by atoms with Crippen LogP contribution < -0.4 is 5.32 Å². The summed E-state index contributed by atoms with van der Waals surface area (Å²) in [5.74, 6) is 1.84. The van der Waals surface area contributed by atoms with Crippen molar-refractivity contribution in [2.24, 2.45) is 17.3 Å². The fraction of sp³-hybridized carbons (Fsp3) is 1.00. The van der Waals surface area contributed by atoms with Gasteiger partial charge in [0.05, 0.1) is 0 Å². The van der Waals surface area contributed by atoms with Crippen molar-refractivity contribution in [2.45, 2.75) is 59.9 Å². The Morgan fingerprint density at radius 3 is 2.50 bits per heavy atom. The van der Waals surface area contributed by atoms with E-state index in [1.54, 1.807) is 0 Å². The molecule has 0 aromatic carbocycles. The van der Waals surface area contributed by atoms with Crippen molar-refractivity contribution in [1.82, 2.24) is 5.32 Å². The lowest BCUT2D eigenvalue weighted by Gasteiger charge is -2.22. The van der Waals surface area contributed by atoms with E-state index in [0.717, 1.165) is 11.8 Å². The Balaban J connectivity index is 2.30. The van der Waals surface area contributed by atoms with E-state index >= 15 is 0 Å². The van der Waals surface area contributed by atoms with Gasteiger partial charge in [0.2, 0.25) is 0 Å². The van der Waals surface area contributed by atoms with Crippen molar-refractivity contribution in [3.05, 3.63) is 0 Å². The monoisotopic (exact) mass is 197 g/mol. The zero-order valence-corrected chi connectivity index (χ0v) is 10.6. The summed E-state index contributed by atoms with van der Waals surface area (Å²) in [5.41, 5.74) is 0.597. The van der Waals surface area contributed by atoms with Crippen LogP contribution in [-0.4, -0.2) is 12.6 Å². The SMILES string of the molecule is CCCNC(C)C1(C)CC1CC(C)C. The van der Waals surface area contributed by atoms with Crippen molar-refractivity contribution >= 4 is 0 Å². The molecule has 1 rings (SSSR count). The predicted molar refractivity (Wildman–Crippen MR) is 63.4 cm³/mol. The Kier molecular flexibility index (Phi) is 4.00. The normalized spacial score (nSPS) is 33.4. The summed E-state index contributed by atoms with van der Waals surface area (Å²) in [6.07, 6.45) is 4.09. The number of hydrogen-bond donors (Lipinski definition) is 1. The minimum Gasteiger partial charge on any atom is -0.314 e. The molecule has 1 saturated carbocycles. The van der Waals surface area contributed by atoms with E-state index in [0.29, 0.717) is 11.5 Å². The molecule has 1 aliphatic rings. The fourth-order valence-electron chi connectivity index (χ4n) is 2.52. The maximum Gasteiger partial charge on any atom is 0.00953 e. The molecular weight excluding hydrogens is 170 g/mol. The van der Waals surface area contributed by atoms with Gasteiger partial charge in [-0.3, -0.25) is 0 Å².